The van der Waals surface area contributed by atoms with Crippen molar-refractivity contribution in [3.05, 3.63) is 64.7 Å². The number of aryl methyl sites for hydroxylation is 2. The van der Waals surface area contributed by atoms with Crippen LogP contribution in [0.4, 0.5) is 5.69 Å². The highest BCUT2D eigenvalue weighted by molar-refractivity contribution is 6.21. The van der Waals surface area contributed by atoms with Crippen molar-refractivity contribution in [2.75, 3.05) is 50.7 Å². The number of fused-ring (bicyclic) bond motifs is 1. The third-order valence-electron chi connectivity index (χ3n) is 6.62. The molecule has 0 bridgehead atoms. The maximum atomic E-state index is 12.5. The molecule has 0 radical (unpaired) electrons. The second-order valence-corrected chi connectivity index (χ2v) is 9.29. The lowest BCUT2D eigenvalue weighted by Crippen LogP contribution is -2.47. The molecule has 0 saturated carbocycles. The number of nitrogens with one attached hydrogen (secondary N) is 1. The van der Waals surface area contributed by atoms with E-state index in [0.29, 0.717) is 30.5 Å². The summed E-state index contributed by atoms with van der Waals surface area (Å²) in [5.74, 6) is -0.550. The first-order chi connectivity index (χ1) is 16.4. The Morgan fingerprint density at radius 2 is 1.59 bits per heavy atom. The first kappa shape index (κ1) is 24.0. The second kappa shape index (κ2) is 10.8. The molecule has 34 heavy (non-hydrogen) atoms. The maximum absolute atomic E-state index is 12.5. The standard InChI is InChI=1S/C27H34N4O3/c1-20-6-3-7-22(18-20)30-16-14-29(15-17-30)12-5-11-28-25(32)8-4-13-31-26(33)23-10-9-21(2)19-24(23)27(31)34/h3,6-7,9-10,18-19H,4-5,8,11-17H2,1-2H3,(H,28,32). The van der Waals surface area contributed by atoms with Gasteiger partial charge in [-0.05, 0) is 63.1 Å². The van der Waals surface area contributed by atoms with Crippen LogP contribution in [0.15, 0.2) is 42.5 Å². The number of hydrogen-bond donors (Lipinski definition) is 1. The third kappa shape index (κ3) is 5.65. The van der Waals surface area contributed by atoms with E-state index in [1.54, 1.807) is 12.1 Å². The monoisotopic (exact) mass is 462 g/mol. The molecule has 2 heterocycles. The van der Waals surface area contributed by atoms with Crippen LogP contribution in [0.1, 0.15) is 51.1 Å². The molecule has 4 rings (SSSR count). The largest absolute Gasteiger partial charge is 0.369 e. The van der Waals surface area contributed by atoms with Crippen LogP contribution in [0.2, 0.25) is 0 Å². The summed E-state index contributed by atoms with van der Waals surface area (Å²) in [7, 11) is 0. The van der Waals surface area contributed by atoms with E-state index < -0.39 is 0 Å². The predicted molar refractivity (Wildman–Crippen MR) is 133 cm³/mol. The fourth-order valence-corrected chi connectivity index (χ4v) is 4.68. The van der Waals surface area contributed by atoms with Crippen LogP contribution < -0.4 is 10.2 Å². The molecule has 1 saturated heterocycles. The predicted octanol–water partition coefficient (Wildman–Crippen LogP) is 3.01. The van der Waals surface area contributed by atoms with Crippen LogP contribution in [0, 0.1) is 13.8 Å². The molecule has 0 spiro atoms. The van der Waals surface area contributed by atoms with Gasteiger partial charge >= 0.3 is 0 Å². The van der Waals surface area contributed by atoms with Crippen LogP contribution >= 0.6 is 0 Å². The summed E-state index contributed by atoms with van der Waals surface area (Å²) < 4.78 is 0. The van der Waals surface area contributed by atoms with Crippen LogP contribution in [0.5, 0.6) is 0 Å². The zero-order valence-electron chi connectivity index (χ0n) is 20.2. The van der Waals surface area contributed by atoms with Gasteiger partial charge in [0.15, 0.2) is 0 Å². The summed E-state index contributed by atoms with van der Waals surface area (Å²) in [6, 6.07) is 13.9. The van der Waals surface area contributed by atoms with Gasteiger partial charge in [0.05, 0.1) is 11.1 Å². The lowest BCUT2D eigenvalue weighted by Gasteiger charge is -2.36. The van der Waals surface area contributed by atoms with Crippen molar-refractivity contribution in [2.24, 2.45) is 0 Å². The van der Waals surface area contributed by atoms with Crippen molar-refractivity contribution in [3.8, 4) is 0 Å². The summed E-state index contributed by atoms with van der Waals surface area (Å²) in [5, 5.41) is 2.97. The minimum absolute atomic E-state index is 0.0308. The summed E-state index contributed by atoms with van der Waals surface area (Å²) in [6.45, 7) is 10.0. The van der Waals surface area contributed by atoms with E-state index in [2.05, 4.69) is 46.3 Å². The van der Waals surface area contributed by atoms with Crippen molar-refractivity contribution in [1.29, 1.82) is 0 Å². The Bertz CT molecular complexity index is 1060. The minimum atomic E-state index is -0.261. The van der Waals surface area contributed by atoms with E-state index in [0.717, 1.165) is 44.7 Å². The van der Waals surface area contributed by atoms with Gasteiger partial charge in [0, 0.05) is 51.4 Å². The highest BCUT2D eigenvalue weighted by Crippen LogP contribution is 2.24. The molecule has 0 unspecified atom stereocenters. The van der Waals surface area contributed by atoms with Crippen molar-refractivity contribution in [3.63, 3.8) is 0 Å². The number of imide groups is 1. The van der Waals surface area contributed by atoms with Gasteiger partial charge in [-0.1, -0.05) is 23.8 Å². The smallest absolute Gasteiger partial charge is 0.261 e. The fourth-order valence-electron chi connectivity index (χ4n) is 4.68. The number of benzene rings is 2. The Morgan fingerprint density at radius 3 is 2.35 bits per heavy atom. The molecule has 3 amide bonds. The number of carbonyl (C=O) groups excluding carboxylic acids is 3. The number of anilines is 1. The van der Waals surface area contributed by atoms with Crippen molar-refractivity contribution < 1.29 is 14.4 Å². The topological polar surface area (TPSA) is 73.0 Å². The van der Waals surface area contributed by atoms with Gasteiger partial charge in [-0.2, -0.15) is 0 Å². The van der Waals surface area contributed by atoms with Gasteiger partial charge in [-0.3, -0.25) is 24.2 Å². The molecule has 7 nitrogen and oxygen atoms in total. The number of carbonyl (C=O) groups is 3. The number of hydrogen-bond acceptors (Lipinski definition) is 5. The molecule has 0 atom stereocenters. The molecule has 7 heteroatoms. The van der Waals surface area contributed by atoms with Crippen LogP contribution in [0.3, 0.4) is 0 Å². The van der Waals surface area contributed by atoms with Crippen molar-refractivity contribution in [1.82, 2.24) is 15.1 Å². The van der Waals surface area contributed by atoms with Gasteiger partial charge in [0.1, 0.15) is 0 Å². The molecular weight excluding hydrogens is 428 g/mol. The van der Waals surface area contributed by atoms with Crippen molar-refractivity contribution in [2.45, 2.75) is 33.1 Å². The first-order valence-electron chi connectivity index (χ1n) is 12.2. The van der Waals surface area contributed by atoms with Gasteiger partial charge in [0.2, 0.25) is 5.91 Å². The van der Waals surface area contributed by atoms with Gasteiger partial charge in [0.25, 0.3) is 11.8 Å². The number of amides is 3. The van der Waals surface area contributed by atoms with E-state index >= 15 is 0 Å². The lowest BCUT2D eigenvalue weighted by atomic mass is 10.1. The molecule has 2 aliphatic heterocycles. The Kier molecular flexibility index (Phi) is 7.63. The fraction of sp³-hybridized carbons (Fsp3) is 0.444. The van der Waals surface area contributed by atoms with Crippen LogP contribution in [-0.4, -0.2) is 73.3 Å². The highest BCUT2D eigenvalue weighted by atomic mass is 16.2. The first-order valence-corrected chi connectivity index (χ1v) is 12.2. The second-order valence-electron chi connectivity index (χ2n) is 9.29. The maximum Gasteiger partial charge on any atom is 0.261 e. The van der Waals surface area contributed by atoms with Gasteiger partial charge in [-0.25, -0.2) is 0 Å². The lowest BCUT2D eigenvalue weighted by molar-refractivity contribution is -0.121. The Hall–Kier alpha value is -3.19. The average molecular weight is 463 g/mol. The molecule has 2 aliphatic rings. The van der Waals surface area contributed by atoms with E-state index in [9.17, 15) is 14.4 Å². The Morgan fingerprint density at radius 1 is 0.853 bits per heavy atom. The molecule has 0 aliphatic carbocycles. The Balaban J connectivity index is 1.09. The number of rotatable bonds is 9. The summed E-state index contributed by atoms with van der Waals surface area (Å²) >= 11 is 0. The Labute approximate surface area is 201 Å². The summed E-state index contributed by atoms with van der Waals surface area (Å²) in [4.78, 5) is 43.3. The molecule has 2 aromatic carbocycles. The number of nitrogens with zero attached hydrogens (tertiary/aromatic N) is 3. The molecule has 1 fully saturated rings. The van der Waals surface area contributed by atoms with E-state index in [1.165, 1.54) is 16.2 Å². The molecule has 0 aromatic heterocycles. The van der Waals surface area contributed by atoms with Crippen LogP contribution in [0.25, 0.3) is 0 Å². The van der Waals surface area contributed by atoms with Gasteiger partial charge in [-0.15, -0.1) is 0 Å². The van der Waals surface area contributed by atoms with Crippen molar-refractivity contribution >= 4 is 23.4 Å². The summed E-state index contributed by atoms with van der Waals surface area (Å²) in [5.41, 5.74) is 4.46. The van der Waals surface area contributed by atoms with Crippen LogP contribution in [-0.2, 0) is 4.79 Å². The normalized spacial score (nSPS) is 16.2. The van der Waals surface area contributed by atoms with Gasteiger partial charge < -0.3 is 10.2 Å². The van der Waals surface area contributed by atoms with E-state index in [1.807, 2.05) is 13.0 Å². The molecule has 2 aromatic rings. The summed E-state index contributed by atoms with van der Waals surface area (Å²) in [6.07, 6.45) is 1.69. The number of piperazine rings is 1. The minimum Gasteiger partial charge on any atom is -0.369 e. The van der Waals surface area contributed by atoms with E-state index in [4.69, 9.17) is 0 Å². The van der Waals surface area contributed by atoms with E-state index in [-0.39, 0.29) is 24.3 Å². The highest BCUT2D eigenvalue weighted by Gasteiger charge is 2.34. The molecular formula is C27H34N4O3. The third-order valence-corrected chi connectivity index (χ3v) is 6.62. The zero-order chi connectivity index (χ0) is 24.1. The zero-order valence-corrected chi connectivity index (χ0v) is 20.2. The SMILES string of the molecule is Cc1cccc(N2CCN(CCCNC(=O)CCCN3C(=O)c4ccc(C)cc4C3=O)CC2)c1. The quantitative estimate of drug-likeness (QED) is 0.458. The molecule has 180 valence electrons. The average Bonchev–Trinajstić information content (AvgIpc) is 3.06. The molecule has 1 N–H and O–H groups in total.